The lowest BCUT2D eigenvalue weighted by Gasteiger charge is -2.08. The Morgan fingerprint density at radius 2 is 1.89 bits per heavy atom. The fourth-order valence-corrected chi connectivity index (χ4v) is 2.84. The summed E-state index contributed by atoms with van der Waals surface area (Å²) in [5.74, 6) is 0.712. The monoisotopic (exact) mass is 366 g/mol. The van der Waals surface area contributed by atoms with Crippen molar-refractivity contribution in [2.75, 3.05) is 13.2 Å². The van der Waals surface area contributed by atoms with Crippen LogP contribution in [0.2, 0.25) is 0 Å². The molecule has 3 aromatic rings. The Hall–Kier alpha value is -2.89. The molecule has 1 N–H and O–H groups in total. The van der Waals surface area contributed by atoms with Gasteiger partial charge >= 0.3 is 0 Å². The number of carbonyl (C=O) groups excluding carboxylic acids is 1. The van der Waals surface area contributed by atoms with Crippen LogP contribution in [0.25, 0.3) is 11.0 Å². The van der Waals surface area contributed by atoms with Gasteiger partial charge in [0.15, 0.2) is 0 Å². The normalized spacial score (nSPS) is 10.9. The number of nitrogens with one attached hydrogen (secondary N) is 1. The summed E-state index contributed by atoms with van der Waals surface area (Å²) in [5, 5.41) is 11.3. The first-order valence-corrected chi connectivity index (χ1v) is 9.40. The molecule has 6 nitrogen and oxygen atoms in total. The van der Waals surface area contributed by atoms with E-state index in [2.05, 4.69) is 41.6 Å². The number of hydrogen-bond acceptors (Lipinski definition) is 4. The van der Waals surface area contributed by atoms with Crippen molar-refractivity contribution in [1.29, 1.82) is 0 Å². The Morgan fingerprint density at radius 3 is 2.63 bits per heavy atom. The van der Waals surface area contributed by atoms with Gasteiger partial charge in [0.05, 0.1) is 12.1 Å². The van der Waals surface area contributed by atoms with Gasteiger partial charge in [-0.15, -0.1) is 5.10 Å². The highest BCUT2D eigenvalue weighted by atomic mass is 16.5. The third-order valence-corrected chi connectivity index (χ3v) is 4.56. The predicted octanol–water partition coefficient (Wildman–Crippen LogP) is 3.66. The van der Waals surface area contributed by atoms with Crippen LogP contribution < -0.4 is 10.1 Å². The van der Waals surface area contributed by atoms with E-state index in [1.165, 1.54) is 11.1 Å². The minimum absolute atomic E-state index is 0.0491. The molecule has 1 heterocycles. The quantitative estimate of drug-likeness (QED) is 0.618. The first-order chi connectivity index (χ1) is 13.1. The van der Waals surface area contributed by atoms with Gasteiger partial charge in [-0.2, -0.15) is 0 Å². The Balaban J connectivity index is 1.50. The highest BCUT2D eigenvalue weighted by molar-refractivity contribution is 5.94. The molecule has 0 atom stereocenters. The molecule has 27 heavy (non-hydrogen) atoms. The Morgan fingerprint density at radius 1 is 1.15 bits per heavy atom. The van der Waals surface area contributed by atoms with Crippen LogP contribution >= 0.6 is 0 Å². The van der Waals surface area contributed by atoms with Crippen molar-refractivity contribution in [3.8, 4) is 5.75 Å². The van der Waals surface area contributed by atoms with E-state index in [-0.39, 0.29) is 5.91 Å². The number of aromatic nitrogens is 3. The van der Waals surface area contributed by atoms with Crippen molar-refractivity contribution in [2.45, 2.75) is 40.2 Å². The zero-order valence-electron chi connectivity index (χ0n) is 16.2. The molecule has 3 rings (SSSR count). The van der Waals surface area contributed by atoms with Gasteiger partial charge in [0.2, 0.25) is 0 Å². The molecule has 0 radical (unpaired) electrons. The van der Waals surface area contributed by atoms with E-state index < -0.39 is 0 Å². The van der Waals surface area contributed by atoms with Gasteiger partial charge in [0.25, 0.3) is 5.91 Å². The van der Waals surface area contributed by atoms with Crippen LogP contribution in [0.4, 0.5) is 0 Å². The lowest BCUT2D eigenvalue weighted by atomic mass is 10.1. The average Bonchev–Trinajstić information content (AvgIpc) is 3.06. The minimum Gasteiger partial charge on any atom is -0.494 e. The van der Waals surface area contributed by atoms with E-state index in [1.54, 1.807) is 12.1 Å². The van der Waals surface area contributed by atoms with Crippen LogP contribution in [0, 0.1) is 13.8 Å². The maximum absolute atomic E-state index is 11.9. The van der Waals surface area contributed by atoms with E-state index in [4.69, 9.17) is 4.74 Å². The molecule has 1 amide bonds. The molecule has 0 bridgehead atoms. The number of carbonyl (C=O) groups is 1. The van der Waals surface area contributed by atoms with E-state index >= 15 is 0 Å². The fourth-order valence-electron chi connectivity index (χ4n) is 2.84. The standard InChI is InChI=1S/C21H26N4O2/c1-4-10-22-21(26)17-6-8-18(9-7-17)27-12-5-11-25-20-14-16(3)15(2)13-19(20)23-24-25/h6-9,13-14H,4-5,10-12H2,1-3H3,(H,22,26). The third kappa shape index (κ3) is 4.64. The maximum Gasteiger partial charge on any atom is 0.251 e. The van der Waals surface area contributed by atoms with Gasteiger partial charge in [-0.05, 0) is 67.8 Å². The molecule has 0 fully saturated rings. The Bertz CT molecular complexity index is 916. The molecule has 2 aromatic carbocycles. The van der Waals surface area contributed by atoms with Gasteiger partial charge in [-0.3, -0.25) is 4.79 Å². The van der Waals surface area contributed by atoms with Crippen molar-refractivity contribution in [3.63, 3.8) is 0 Å². The molecule has 0 spiro atoms. The summed E-state index contributed by atoms with van der Waals surface area (Å²) >= 11 is 0. The number of rotatable bonds is 8. The number of ether oxygens (including phenoxy) is 1. The third-order valence-electron chi connectivity index (χ3n) is 4.56. The van der Waals surface area contributed by atoms with E-state index in [1.807, 2.05) is 23.7 Å². The number of amides is 1. The van der Waals surface area contributed by atoms with Crippen molar-refractivity contribution in [1.82, 2.24) is 20.3 Å². The number of fused-ring (bicyclic) bond motifs is 1. The topological polar surface area (TPSA) is 69.0 Å². The summed E-state index contributed by atoms with van der Waals surface area (Å²) in [6.45, 7) is 8.22. The Kier molecular flexibility index (Phi) is 6.06. The molecule has 6 heteroatoms. The molecule has 0 aliphatic carbocycles. The number of aryl methyl sites for hydroxylation is 3. The maximum atomic E-state index is 11.9. The van der Waals surface area contributed by atoms with Crippen LogP contribution in [-0.2, 0) is 6.54 Å². The smallest absolute Gasteiger partial charge is 0.251 e. The largest absolute Gasteiger partial charge is 0.494 e. The van der Waals surface area contributed by atoms with Gasteiger partial charge in [0, 0.05) is 25.1 Å². The number of hydrogen-bond donors (Lipinski definition) is 1. The highest BCUT2D eigenvalue weighted by Crippen LogP contribution is 2.17. The van der Waals surface area contributed by atoms with Crippen LogP contribution in [0.3, 0.4) is 0 Å². The molecule has 142 valence electrons. The van der Waals surface area contributed by atoms with Crippen LogP contribution in [-0.4, -0.2) is 34.1 Å². The van der Waals surface area contributed by atoms with Gasteiger partial charge in [-0.25, -0.2) is 4.68 Å². The van der Waals surface area contributed by atoms with Crippen molar-refractivity contribution in [2.24, 2.45) is 0 Å². The molecular weight excluding hydrogens is 340 g/mol. The van der Waals surface area contributed by atoms with Crippen LogP contribution in [0.1, 0.15) is 41.3 Å². The van der Waals surface area contributed by atoms with Crippen LogP contribution in [0.5, 0.6) is 5.75 Å². The van der Waals surface area contributed by atoms with Crippen molar-refractivity contribution < 1.29 is 9.53 Å². The first kappa shape index (κ1) is 18.9. The molecule has 0 aliphatic heterocycles. The summed E-state index contributed by atoms with van der Waals surface area (Å²) in [5.41, 5.74) is 5.10. The second-order valence-corrected chi connectivity index (χ2v) is 6.72. The van der Waals surface area contributed by atoms with Crippen molar-refractivity contribution in [3.05, 3.63) is 53.1 Å². The second kappa shape index (κ2) is 8.66. The molecule has 0 aliphatic rings. The molecule has 1 aromatic heterocycles. The first-order valence-electron chi connectivity index (χ1n) is 9.40. The molecule has 0 saturated carbocycles. The molecular formula is C21H26N4O2. The van der Waals surface area contributed by atoms with E-state index in [9.17, 15) is 4.79 Å². The number of benzene rings is 2. The average molecular weight is 366 g/mol. The molecule has 0 saturated heterocycles. The second-order valence-electron chi connectivity index (χ2n) is 6.72. The van der Waals surface area contributed by atoms with E-state index in [0.717, 1.165) is 36.2 Å². The summed E-state index contributed by atoms with van der Waals surface area (Å²) < 4.78 is 7.70. The van der Waals surface area contributed by atoms with Crippen molar-refractivity contribution >= 4 is 16.9 Å². The predicted molar refractivity (Wildman–Crippen MR) is 106 cm³/mol. The van der Waals surface area contributed by atoms with E-state index in [0.29, 0.717) is 18.7 Å². The number of nitrogens with zero attached hydrogens (tertiary/aromatic N) is 3. The minimum atomic E-state index is -0.0491. The Labute approximate surface area is 159 Å². The summed E-state index contributed by atoms with van der Waals surface area (Å²) in [7, 11) is 0. The lowest BCUT2D eigenvalue weighted by Crippen LogP contribution is -2.23. The van der Waals surface area contributed by atoms with Gasteiger partial charge in [-0.1, -0.05) is 12.1 Å². The van der Waals surface area contributed by atoms with Gasteiger partial charge in [0.1, 0.15) is 11.3 Å². The summed E-state index contributed by atoms with van der Waals surface area (Å²) in [4.78, 5) is 11.9. The van der Waals surface area contributed by atoms with Crippen LogP contribution in [0.15, 0.2) is 36.4 Å². The van der Waals surface area contributed by atoms with Gasteiger partial charge < -0.3 is 10.1 Å². The fraction of sp³-hybridized carbons (Fsp3) is 0.381. The zero-order valence-corrected chi connectivity index (χ0v) is 16.2. The SMILES string of the molecule is CCCNC(=O)c1ccc(OCCCn2nnc3cc(C)c(C)cc32)cc1. The summed E-state index contributed by atoms with van der Waals surface area (Å²) in [6.07, 6.45) is 1.75. The lowest BCUT2D eigenvalue weighted by molar-refractivity contribution is 0.0953. The zero-order chi connectivity index (χ0) is 19.2. The molecule has 0 unspecified atom stereocenters. The summed E-state index contributed by atoms with van der Waals surface area (Å²) in [6, 6.07) is 11.4. The highest BCUT2D eigenvalue weighted by Gasteiger charge is 2.07.